The summed E-state index contributed by atoms with van der Waals surface area (Å²) in [6, 6.07) is 0.996. The number of carbonyl (C=O) groups excluding carboxylic acids is 2. The third-order valence-corrected chi connectivity index (χ3v) is 3.46. The summed E-state index contributed by atoms with van der Waals surface area (Å²) in [5.74, 6) is -1.40. The first-order valence-electron chi connectivity index (χ1n) is 6.45. The number of rotatable bonds is 3. The molecule has 0 unspecified atom stereocenters. The van der Waals surface area contributed by atoms with Crippen LogP contribution >= 0.6 is 11.6 Å². The highest BCUT2D eigenvalue weighted by Crippen LogP contribution is 2.13. The number of likely N-dealkylation sites (tertiary alicyclic amines) is 1. The van der Waals surface area contributed by atoms with Crippen LogP contribution in [-0.4, -0.2) is 41.3 Å². The number of carbonyl (C=O) groups is 2. The molecule has 1 aromatic rings. The molecule has 7 heteroatoms. The number of nitrogens with one attached hydrogen (secondary N) is 1. The van der Waals surface area contributed by atoms with Crippen molar-refractivity contribution in [3.63, 3.8) is 0 Å². The van der Waals surface area contributed by atoms with Crippen molar-refractivity contribution in [1.82, 2.24) is 15.2 Å². The zero-order valence-corrected chi connectivity index (χ0v) is 11.6. The number of amides is 2. The van der Waals surface area contributed by atoms with Crippen molar-refractivity contribution < 1.29 is 14.0 Å². The van der Waals surface area contributed by atoms with Crippen LogP contribution in [-0.2, 0) is 4.79 Å². The number of nitrogens with zero attached hydrogens (tertiary/aromatic N) is 2. The monoisotopic (exact) mass is 299 g/mol. The predicted molar refractivity (Wildman–Crippen MR) is 72.0 cm³/mol. The number of hydrogen-bond donors (Lipinski definition) is 1. The van der Waals surface area contributed by atoms with Gasteiger partial charge in [-0.25, -0.2) is 9.37 Å². The van der Waals surface area contributed by atoms with Crippen molar-refractivity contribution in [3.05, 3.63) is 28.8 Å². The number of piperidine rings is 1. The van der Waals surface area contributed by atoms with Crippen molar-refractivity contribution in [3.8, 4) is 0 Å². The summed E-state index contributed by atoms with van der Waals surface area (Å²) in [6.45, 7) is 1.32. The smallest absolute Gasteiger partial charge is 0.254 e. The van der Waals surface area contributed by atoms with Crippen molar-refractivity contribution >= 4 is 23.4 Å². The zero-order chi connectivity index (χ0) is 14.5. The van der Waals surface area contributed by atoms with Crippen LogP contribution in [0.5, 0.6) is 0 Å². The topological polar surface area (TPSA) is 62.3 Å². The fraction of sp³-hybridized carbons (Fsp3) is 0.462. The molecule has 1 aromatic heterocycles. The van der Waals surface area contributed by atoms with Crippen LogP contribution in [0.3, 0.4) is 0 Å². The van der Waals surface area contributed by atoms with E-state index in [2.05, 4.69) is 10.3 Å². The van der Waals surface area contributed by atoms with E-state index in [0.29, 0.717) is 0 Å². The van der Waals surface area contributed by atoms with E-state index in [1.807, 2.05) is 0 Å². The molecule has 0 aliphatic carbocycles. The molecular formula is C13H15ClFN3O2. The molecule has 2 amide bonds. The second-order valence-corrected chi connectivity index (χ2v) is 4.97. The summed E-state index contributed by atoms with van der Waals surface area (Å²) >= 11 is 5.72. The molecule has 0 aromatic carbocycles. The Labute approximate surface area is 121 Å². The van der Waals surface area contributed by atoms with Gasteiger partial charge in [-0.1, -0.05) is 11.6 Å². The molecule has 1 aliphatic heterocycles. The predicted octanol–water partition coefficient (Wildman–Crippen LogP) is 1.62. The van der Waals surface area contributed by atoms with Gasteiger partial charge in [-0.2, -0.15) is 0 Å². The van der Waals surface area contributed by atoms with E-state index < -0.39 is 11.7 Å². The molecule has 0 radical (unpaired) electrons. The third-order valence-electron chi connectivity index (χ3n) is 3.16. The SMILES string of the molecule is O=C(NCC(=O)N1CCCCC1)c1cc(F)cnc1Cl. The second kappa shape index (κ2) is 6.65. The second-order valence-electron chi connectivity index (χ2n) is 4.62. The number of hydrogen-bond acceptors (Lipinski definition) is 3. The largest absolute Gasteiger partial charge is 0.343 e. The first kappa shape index (κ1) is 14.7. The highest BCUT2D eigenvalue weighted by Gasteiger charge is 2.18. The van der Waals surface area contributed by atoms with Gasteiger partial charge < -0.3 is 10.2 Å². The number of aromatic nitrogens is 1. The molecule has 0 bridgehead atoms. The van der Waals surface area contributed by atoms with Gasteiger partial charge in [0.2, 0.25) is 5.91 Å². The molecule has 1 aliphatic rings. The Hall–Kier alpha value is -1.69. The molecule has 5 nitrogen and oxygen atoms in total. The van der Waals surface area contributed by atoms with Crippen molar-refractivity contribution in [2.45, 2.75) is 19.3 Å². The van der Waals surface area contributed by atoms with Crippen molar-refractivity contribution in [1.29, 1.82) is 0 Å². The average molecular weight is 300 g/mol. The third kappa shape index (κ3) is 3.66. The highest BCUT2D eigenvalue weighted by molar-refractivity contribution is 6.32. The van der Waals surface area contributed by atoms with E-state index in [1.54, 1.807) is 4.90 Å². The van der Waals surface area contributed by atoms with Crippen LogP contribution < -0.4 is 5.32 Å². The minimum absolute atomic E-state index is 0.0712. The van der Waals surface area contributed by atoms with Crippen molar-refractivity contribution in [2.75, 3.05) is 19.6 Å². The lowest BCUT2D eigenvalue weighted by atomic mass is 10.1. The van der Waals surface area contributed by atoms with E-state index >= 15 is 0 Å². The van der Waals surface area contributed by atoms with Crippen LogP contribution in [0.4, 0.5) is 4.39 Å². The van der Waals surface area contributed by atoms with Crippen molar-refractivity contribution in [2.24, 2.45) is 0 Å². The van der Waals surface area contributed by atoms with Crippen LogP contribution in [0.2, 0.25) is 5.15 Å². The Balaban J connectivity index is 1.91. The molecule has 0 saturated carbocycles. The van der Waals surface area contributed by atoms with E-state index in [-0.39, 0.29) is 23.2 Å². The van der Waals surface area contributed by atoms with Gasteiger partial charge in [0, 0.05) is 13.1 Å². The van der Waals surface area contributed by atoms with Gasteiger partial charge in [0.15, 0.2) is 0 Å². The number of pyridine rings is 1. The summed E-state index contributed by atoms with van der Waals surface area (Å²) in [7, 11) is 0. The Morgan fingerprint density at radius 2 is 2.05 bits per heavy atom. The van der Waals surface area contributed by atoms with Crippen LogP contribution in [0, 0.1) is 5.82 Å². The van der Waals surface area contributed by atoms with E-state index in [4.69, 9.17) is 11.6 Å². The van der Waals surface area contributed by atoms with Gasteiger partial charge in [0.05, 0.1) is 18.3 Å². The maximum Gasteiger partial charge on any atom is 0.254 e. The maximum atomic E-state index is 13.0. The standard InChI is InChI=1S/C13H15ClFN3O2/c14-12-10(6-9(15)7-16-12)13(20)17-8-11(19)18-4-2-1-3-5-18/h6-7H,1-5,8H2,(H,17,20). The molecular weight excluding hydrogens is 285 g/mol. The number of halogens is 2. The van der Waals surface area contributed by atoms with E-state index in [9.17, 15) is 14.0 Å². The summed E-state index contributed by atoms with van der Waals surface area (Å²) in [5, 5.41) is 2.35. The zero-order valence-electron chi connectivity index (χ0n) is 10.9. The fourth-order valence-corrected chi connectivity index (χ4v) is 2.28. The lowest BCUT2D eigenvalue weighted by molar-refractivity contribution is -0.130. The molecule has 1 saturated heterocycles. The molecule has 1 N–H and O–H groups in total. The van der Waals surface area contributed by atoms with Crippen LogP contribution in [0.1, 0.15) is 29.6 Å². The fourth-order valence-electron chi connectivity index (χ4n) is 2.09. The van der Waals surface area contributed by atoms with Gasteiger partial charge >= 0.3 is 0 Å². The molecule has 2 heterocycles. The lowest BCUT2D eigenvalue weighted by Gasteiger charge is -2.26. The molecule has 0 atom stereocenters. The average Bonchev–Trinajstić information content (AvgIpc) is 2.47. The summed E-state index contributed by atoms with van der Waals surface area (Å²) < 4.78 is 13.0. The summed E-state index contributed by atoms with van der Waals surface area (Å²) in [5.41, 5.74) is -0.0712. The highest BCUT2D eigenvalue weighted by atomic mass is 35.5. The summed E-state index contributed by atoms with van der Waals surface area (Å²) in [6.07, 6.45) is 4.03. The van der Waals surface area contributed by atoms with Gasteiger partial charge in [-0.15, -0.1) is 0 Å². The maximum absolute atomic E-state index is 13.0. The van der Waals surface area contributed by atoms with E-state index in [0.717, 1.165) is 44.6 Å². The first-order valence-corrected chi connectivity index (χ1v) is 6.83. The molecule has 0 spiro atoms. The lowest BCUT2D eigenvalue weighted by Crippen LogP contribution is -2.42. The van der Waals surface area contributed by atoms with Gasteiger partial charge in [-0.3, -0.25) is 9.59 Å². The van der Waals surface area contributed by atoms with Crippen LogP contribution in [0.25, 0.3) is 0 Å². The molecule has 20 heavy (non-hydrogen) atoms. The Morgan fingerprint density at radius 1 is 1.35 bits per heavy atom. The molecule has 2 rings (SSSR count). The van der Waals surface area contributed by atoms with Gasteiger partial charge in [0.1, 0.15) is 11.0 Å². The Morgan fingerprint density at radius 3 is 2.75 bits per heavy atom. The quantitative estimate of drug-likeness (QED) is 0.863. The Kier molecular flexibility index (Phi) is 4.89. The summed E-state index contributed by atoms with van der Waals surface area (Å²) in [4.78, 5) is 29.0. The normalized spacial score (nSPS) is 15.0. The minimum Gasteiger partial charge on any atom is -0.343 e. The van der Waals surface area contributed by atoms with Crippen LogP contribution in [0.15, 0.2) is 12.3 Å². The minimum atomic E-state index is -0.651. The molecule has 1 fully saturated rings. The first-order chi connectivity index (χ1) is 9.58. The molecule has 108 valence electrons. The van der Waals surface area contributed by atoms with Gasteiger partial charge in [-0.05, 0) is 25.3 Å². The van der Waals surface area contributed by atoms with Gasteiger partial charge in [0.25, 0.3) is 5.91 Å². The van der Waals surface area contributed by atoms with E-state index in [1.165, 1.54) is 0 Å². The Bertz CT molecular complexity index is 518.